The molecule has 0 aliphatic rings. The summed E-state index contributed by atoms with van der Waals surface area (Å²) < 4.78 is 5.48. The van der Waals surface area contributed by atoms with Crippen LogP contribution in [0, 0.1) is 0 Å². The van der Waals surface area contributed by atoms with Crippen LogP contribution in [0.5, 0.6) is 0 Å². The van der Waals surface area contributed by atoms with Crippen molar-refractivity contribution in [1.29, 1.82) is 0 Å². The highest BCUT2D eigenvalue weighted by molar-refractivity contribution is 5.76. The van der Waals surface area contributed by atoms with Crippen molar-refractivity contribution < 1.29 is 24.5 Å². The minimum Gasteiger partial charge on any atom is -0.466 e. The summed E-state index contributed by atoms with van der Waals surface area (Å²) in [6.45, 7) is 4.94. The standard InChI is InChI=1S/C74H145NO5/c1-3-5-7-9-11-13-15-16-40-43-47-50-54-58-62-66-72(77)71(70-76)75-73(78)67-63-59-55-51-48-44-41-38-36-34-32-30-28-26-24-22-20-18-17-19-21-23-25-27-29-31-33-35-37-39-42-45-49-53-57-61-65-69-80-74(79)68-64-60-56-52-46-14-12-10-8-6-4-2/h62,66,71-72,76-77H,3-61,63-65,67-70H2,1-2H3,(H,75,78)/b66-62+. The van der Waals surface area contributed by atoms with E-state index < -0.39 is 12.1 Å². The number of rotatable bonds is 70. The molecule has 6 nitrogen and oxygen atoms in total. The van der Waals surface area contributed by atoms with E-state index >= 15 is 0 Å². The lowest BCUT2D eigenvalue weighted by atomic mass is 10.0. The second kappa shape index (κ2) is 70.1. The normalized spacial score (nSPS) is 12.5. The van der Waals surface area contributed by atoms with Crippen molar-refractivity contribution in [2.75, 3.05) is 13.2 Å². The van der Waals surface area contributed by atoms with Crippen molar-refractivity contribution in [1.82, 2.24) is 5.32 Å². The predicted octanol–water partition coefficient (Wildman–Crippen LogP) is 23.9. The lowest BCUT2D eigenvalue weighted by Crippen LogP contribution is -2.45. The number of nitrogens with one attached hydrogen (secondary N) is 1. The lowest BCUT2D eigenvalue weighted by Gasteiger charge is -2.20. The Balaban J connectivity index is 3.30. The number of carbonyl (C=O) groups is 2. The molecule has 0 aromatic rings. The number of amides is 1. The molecule has 0 aromatic heterocycles. The van der Waals surface area contributed by atoms with Crippen LogP contribution >= 0.6 is 0 Å². The van der Waals surface area contributed by atoms with Gasteiger partial charge in [-0.25, -0.2) is 0 Å². The lowest BCUT2D eigenvalue weighted by molar-refractivity contribution is -0.143. The van der Waals surface area contributed by atoms with Crippen molar-refractivity contribution in [3.05, 3.63) is 12.2 Å². The molecule has 0 saturated carbocycles. The maximum absolute atomic E-state index is 12.5. The molecule has 0 aliphatic heterocycles. The number of unbranched alkanes of at least 4 members (excludes halogenated alkanes) is 59. The molecule has 2 unspecified atom stereocenters. The van der Waals surface area contributed by atoms with Crippen molar-refractivity contribution >= 4 is 11.9 Å². The molecular formula is C74H145NO5. The number of aliphatic hydroxyl groups is 2. The Labute approximate surface area is 501 Å². The Morgan fingerprint density at radius 2 is 0.575 bits per heavy atom. The summed E-state index contributed by atoms with van der Waals surface area (Å²) in [5.41, 5.74) is 0. The van der Waals surface area contributed by atoms with Crippen molar-refractivity contribution in [2.24, 2.45) is 0 Å². The molecular weight excluding hydrogens is 983 g/mol. The van der Waals surface area contributed by atoms with Gasteiger partial charge in [0.1, 0.15) is 0 Å². The molecule has 0 bridgehead atoms. The van der Waals surface area contributed by atoms with E-state index in [0.717, 1.165) is 38.5 Å². The van der Waals surface area contributed by atoms with Gasteiger partial charge in [0, 0.05) is 12.8 Å². The van der Waals surface area contributed by atoms with Gasteiger partial charge in [0.15, 0.2) is 0 Å². The van der Waals surface area contributed by atoms with Crippen LogP contribution in [0.15, 0.2) is 12.2 Å². The molecule has 0 aliphatic carbocycles. The van der Waals surface area contributed by atoms with Crippen LogP contribution in [0.25, 0.3) is 0 Å². The molecule has 0 rings (SSSR count). The number of hydrogen-bond acceptors (Lipinski definition) is 5. The van der Waals surface area contributed by atoms with Gasteiger partial charge >= 0.3 is 5.97 Å². The van der Waals surface area contributed by atoms with Crippen LogP contribution < -0.4 is 5.32 Å². The quantitative estimate of drug-likeness (QED) is 0.0320. The molecule has 476 valence electrons. The van der Waals surface area contributed by atoms with Gasteiger partial charge in [-0.15, -0.1) is 0 Å². The minimum absolute atomic E-state index is 0.0236. The smallest absolute Gasteiger partial charge is 0.305 e. The van der Waals surface area contributed by atoms with Crippen molar-refractivity contribution in [3.8, 4) is 0 Å². The number of carbonyl (C=O) groups excluding carboxylic acids is 2. The van der Waals surface area contributed by atoms with Gasteiger partial charge in [0.25, 0.3) is 0 Å². The second-order valence-corrected chi connectivity index (χ2v) is 25.6. The van der Waals surface area contributed by atoms with E-state index in [9.17, 15) is 19.8 Å². The molecule has 80 heavy (non-hydrogen) atoms. The zero-order valence-corrected chi connectivity index (χ0v) is 54.6. The van der Waals surface area contributed by atoms with Crippen molar-refractivity contribution in [2.45, 2.75) is 437 Å². The molecule has 0 fully saturated rings. The fraction of sp³-hybridized carbons (Fsp3) is 0.946. The summed E-state index contributed by atoms with van der Waals surface area (Å²) in [6, 6.07) is -0.622. The Morgan fingerprint density at radius 1 is 0.338 bits per heavy atom. The third-order valence-electron chi connectivity index (χ3n) is 17.6. The van der Waals surface area contributed by atoms with Gasteiger partial charge in [-0.1, -0.05) is 392 Å². The van der Waals surface area contributed by atoms with Gasteiger partial charge < -0.3 is 20.3 Å². The van der Waals surface area contributed by atoms with Gasteiger partial charge in [0.05, 0.1) is 25.4 Å². The molecule has 0 heterocycles. The van der Waals surface area contributed by atoms with Gasteiger partial charge in [-0.2, -0.15) is 0 Å². The van der Waals surface area contributed by atoms with E-state index in [4.69, 9.17) is 4.74 Å². The first-order valence-electron chi connectivity index (χ1n) is 37.0. The van der Waals surface area contributed by atoms with Crippen molar-refractivity contribution in [3.63, 3.8) is 0 Å². The average Bonchev–Trinajstić information content (AvgIpc) is 3.46. The largest absolute Gasteiger partial charge is 0.466 e. The molecule has 0 aromatic carbocycles. The maximum Gasteiger partial charge on any atom is 0.305 e. The summed E-state index contributed by atoms with van der Waals surface area (Å²) in [6.07, 6.45) is 87.6. The SMILES string of the molecule is CCCCCCCCCCCCCCC/C=C/C(O)C(CO)NC(=O)CCCCCCCCCCCCCCCCCCCCCCCCCCCCCCCCCCCCCCCOC(=O)CCCCCCCCCCCCC. The molecule has 0 spiro atoms. The topological polar surface area (TPSA) is 95.9 Å². The Kier molecular flexibility index (Phi) is 68.9. The van der Waals surface area contributed by atoms with E-state index in [1.54, 1.807) is 6.08 Å². The first-order valence-corrected chi connectivity index (χ1v) is 37.0. The highest BCUT2D eigenvalue weighted by atomic mass is 16.5. The van der Waals surface area contributed by atoms with E-state index in [0.29, 0.717) is 19.4 Å². The molecule has 6 heteroatoms. The van der Waals surface area contributed by atoms with E-state index in [2.05, 4.69) is 19.2 Å². The summed E-state index contributed by atoms with van der Waals surface area (Å²) >= 11 is 0. The van der Waals surface area contributed by atoms with Crippen LogP contribution in [0.1, 0.15) is 425 Å². The Morgan fingerprint density at radius 3 is 0.850 bits per heavy atom. The highest BCUT2D eigenvalue weighted by Gasteiger charge is 2.18. The van der Waals surface area contributed by atoms with Crippen LogP contribution in [0.4, 0.5) is 0 Å². The first-order chi connectivity index (χ1) is 39.5. The van der Waals surface area contributed by atoms with Crippen LogP contribution in [0.2, 0.25) is 0 Å². The number of allylic oxidation sites excluding steroid dienone is 1. The zero-order valence-electron chi connectivity index (χ0n) is 54.6. The highest BCUT2D eigenvalue weighted by Crippen LogP contribution is 2.20. The minimum atomic E-state index is -0.839. The molecule has 0 radical (unpaired) electrons. The Hall–Kier alpha value is -1.40. The third-order valence-corrected chi connectivity index (χ3v) is 17.6. The van der Waals surface area contributed by atoms with Crippen LogP contribution in [-0.4, -0.2) is 47.4 Å². The average molecular weight is 1130 g/mol. The molecule has 3 N–H and O–H groups in total. The fourth-order valence-corrected chi connectivity index (χ4v) is 11.9. The number of aliphatic hydroxyl groups excluding tert-OH is 2. The summed E-state index contributed by atoms with van der Waals surface area (Å²) in [5, 5.41) is 23.2. The van der Waals surface area contributed by atoms with E-state index in [-0.39, 0.29) is 18.5 Å². The molecule has 2 atom stereocenters. The summed E-state index contributed by atoms with van der Waals surface area (Å²) in [4.78, 5) is 24.5. The van der Waals surface area contributed by atoms with Gasteiger partial charge in [-0.05, 0) is 32.1 Å². The number of esters is 1. The molecule has 0 saturated heterocycles. The predicted molar refractivity (Wildman–Crippen MR) is 352 cm³/mol. The second-order valence-electron chi connectivity index (χ2n) is 25.6. The van der Waals surface area contributed by atoms with Crippen LogP contribution in [0.3, 0.4) is 0 Å². The summed E-state index contributed by atoms with van der Waals surface area (Å²) in [7, 11) is 0. The van der Waals surface area contributed by atoms with E-state index in [1.165, 1.54) is 360 Å². The maximum atomic E-state index is 12.5. The number of ether oxygens (including phenoxy) is 1. The monoisotopic (exact) mass is 1130 g/mol. The fourth-order valence-electron chi connectivity index (χ4n) is 11.9. The number of hydrogen-bond donors (Lipinski definition) is 3. The Bertz CT molecular complexity index is 1210. The first kappa shape index (κ1) is 78.6. The van der Waals surface area contributed by atoms with Gasteiger partial charge in [0.2, 0.25) is 5.91 Å². The van der Waals surface area contributed by atoms with Gasteiger partial charge in [-0.3, -0.25) is 9.59 Å². The molecule has 1 amide bonds. The summed E-state index contributed by atoms with van der Waals surface area (Å²) in [5.74, 6) is -0.0355. The van der Waals surface area contributed by atoms with E-state index in [1.807, 2.05) is 6.08 Å². The zero-order chi connectivity index (χ0) is 57.8. The van der Waals surface area contributed by atoms with Crippen LogP contribution in [-0.2, 0) is 14.3 Å². The third kappa shape index (κ3) is 65.7.